The molecule has 1 saturated heterocycles. The summed E-state index contributed by atoms with van der Waals surface area (Å²) in [7, 11) is 2.19. The Hall–Kier alpha value is -0.0800. The second-order valence-corrected chi connectivity index (χ2v) is 3.61. The van der Waals surface area contributed by atoms with Crippen LogP contribution < -0.4 is 5.73 Å². The molecule has 0 amide bonds. The van der Waals surface area contributed by atoms with E-state index in [1.54, 1.807) is 0 Å². The lowest BCUT2D eigenvalue weighted by molar-refractivity contribution is 0.277. The van der Waals surface area contributed by atoms with Crippen molar-refractivity contribution < 1.29 is 0 Å². The van der Waals surface area contributed by atoms with Crippen molar-refractivity contribution in [3.8, 4) is 0 Å². The van der Waals surface area contributed by atoms with Gasteiger partial charge in [0.15, 0.2) is 0 Å². The Morgan fingerprint density at radius 3 is 1.43 bits per heavy atom. The van der Waals surface area contributed by atoms with E-state index in [0.29, 0.717) is 6.04 Å². The average Bonchev–Trinajstić information content (AvgIpc) is 2.08. The van der Waals surface area contributed by atoms with E-state index in [0.717, 1.165) is 0 Å². The Bertz CT molecular complexity index is 73.6. The van der Waals surface area contributed by atoms with Crippen LogP contribution in [0.5, 0.6) is 0 Å². The predicted molar refractivity (Wildman–Crippen MR) is 68.8 cm³/mol. The van der Waals surface area contributed by atoms with Crippen molar-refractivity contribution in [1.82, 2.24) is 4.90 Å². The highest BCUT2D eigenvalue weighted by Gasteiger charge is 2.02. The van der Waals surface area contributed by atoms with E-state index in [1.165, 1.54) is 32.4 Å². The normalized spacial score (nSPS) is 15.6. The van der Waals surface area contributed by atoms with Crippen LogP contribution in [-0.2, 0) is 0 Å². The molecule has 1 aliphatic heterocycles. The van der Waals surface area contributed by atoms with E-state index in [9.17, 15) is 0 Å². The first kappa shape index (κ1) is 19.5. The van der Waals surface area contributed by atoms with Crippen LogP contribution in [0.4, 0.5) is 0 Å². The maximum Gasteiger partial charge on any atom is -0.00179 e. The van der Waals surface area contributed by atoms with Gasteiger partial charge in [-0.1, -0.05) is 41.5 Å². The van der Waals surface area contributed by atoms with Crippen LogP contribution in [0.15, 0.2) is 0 Å². The topological polar surface area (TPSA) is 29.3 Å². The monoisotopic (exact) mass is 204 g/mol. The zero-order valence-electron chi connectivity index (χ0n) is 10.1. The van der Waals surface area contributed by atoms with Crippen molar-refractivity contribution in [3.05, 3.63) is 0 Å². The smallest absolute Gasteiger partial charge is 0.00179 e. The Kier molecular flexibility index (Phi) is 21.4. The van der Waals surface area contributed by atoms with Gasteiger partial charge in [0.05, 0.1) is 0 Å². The second kappa shape index (κ2) is 15.4. The van der Waals surface area contributed by atoms with Gasteiger partial charge in [-0.05, 0) is 39.0 Å². The summed E-state index contributed by atoms with van der Waals surface area (Å²) in [4.78, 5) is 2.39. The summed E-state index contributed by atoms with van der Waals surface area (Å²) in [5, 5.41) is 0. The van der Waals surface area contributed by atoms with Gasteiger partial charge in [0, 0.05) is 0 Å². The number of nitrogens with zero attached hydrogens (tertiary/aromatic N) is 1. The van der Waals surface area contributed by atoms with E-state index in [1.807, 2.05) is 27.7 Å². The standard InChI is InChI=1S/C6H13N.C3H9N.C2H6.CH4/c1-7-5-3-2-4-6-7;1-3(2)4;1-2;/h2-6H2,1H3;3H,4H2,1-2H3;1-2H3;1H4. The van der Waals surface area contributed by atoms with Crippen molar-refractivity contribution in [2.75, 3.05) is 20.1 Å². The minimum absolute atomic E-state index is 0. The van der Waals surface area contributed by atoms with E-state index >= 15 is 0 Å². The minimum atomic E-state index is 0. The molecule has 1 heterocycles. The predicted octanol–water partition coefficient (Wildman–Crippen LogP) is 3.12. The maximum absolute atomic E-state index is 5.11. The van der Waals surface area contributed by atoms with Gasteiger partial charge < -0.3 is 10.6 Å². The molecule has 0 spiro atoms. The van der Waals surface area contributed by atoms with Crippen LogP contribution in [0.3, 0.4) is 0 Å². The molecule has 0 aromatic heterocycles. The maximum atomic E-state index is 5.11. The van der Waals surface area contributed by atoms with Gasteiger partial charge in [0.1, 0.15) is 0 Å². The summed E-state index contributed by atoms with van der Waals surface area (Å²) < 4.78 is 0. The number of likely N-dealkylation sites (tertiary alicyclic amines) is 1. The molecule has 1 rings (SSSR count). The van der Waals surface area contributed by atoms with Gasteiger partial charge >= 0.3 is 0 Å². The number of rotatable bonds is 0. The summed E-state index contributed by atoms with van der Waals surface area (Å²) in [6, 6.07) is 0.333. The van der Waals surface area contributed by atoms with Crippen molar-refractivity contribution in [3.63, 3.8) is 0 Å². The first-order chi connectivity index (χ1) is 6.13. The zero-order valence-corrected chi connectivity index (χ0v) is 10.1. The van der Waals surface area contributed by atoms with E-state index in [-0.39, 0.29) is 7.43 Å². The SMILES string of the molecule is C.CC.CC(C)N.CN1CCCCC1. The summed E-state index contributed by atoms with van der Waals surface area (Å²) in [6.07, 6.45) is 4.28. The Balaban J connectivity index is -0.000000152. The molecule has 0 aromatic rings. The third-order valence-electron chi connectivity index (χ3n) is 1.58. The fourth-order valence-electron chi connectivity index (χ4n) is 1.05. The molecule has 0 saturated carbocycles. The highest BCUT2D eigenvalue weighted by Crippen LogP contribution is 2.04. The summed E-state index contributed by atoms with van der Waals surface area (Å²) in [5.74, 6) is 0. The van der Waals surface area contributed by atoms with Crippen molar-refractivity contribution in [2.24, 2.45) is 5.73 Å². The van der Waals surface area contributed by atoms with Crippen LogP contribution >= 0.6 is 0 Å². The molecule has 0 bridgehead atoms. The third-order valence-corrected chi connectivity index (χ3v) is 1.58. The van der Waals surface area contributed by atoms with Crippen molar-refractivity contribution in [2.45, 2.75) is 60.4 Å². The number of hydrogen-bond donors (Lipinski definition) is 1. The molecule has 0 radical (unpaired) electrons. The number of piperidine rings is 1. The molecular formula is C12H32N2. The lowest BCUT2D eigenvalue weighted by Crippen LogP contribution is -2.24. The lowest BCUT2D eigenvalue weighted by Gasteiger charge is -2.20. The lowest BCUT2D eigenvalue weighted by atomic mass is 10.1. The van der Waals surface area contributed by atoms with Gasteiger partial charge in [-0.3, -0.25) is 0 Å². The van der Waals surface area contributed by atoms with E-state index in [4.69, 9.17) is 5.73 Å². The van der Waals surface area contributed by atoms with Gasteiger partial charge in [0.25, 0.3) is 0 Å². The van der Waals surface area contributed by atoms with E-state index < -0.39 is 0 Å². The molecule has 0 atom stereocenters. The van der Waals surface area contributed by atoms with Crippen LogP contribution in [-0.4, -0.2) is 31.1 Å². The van der Waals surface area contributed by atoms with Gasteiger partial charge in [-0.15, -0.1) is 0 Å². The van der Waals surface area contributed by atoms with Crippen LogP contribution in [0.25, 0.3) is 0 Å². The highest BCUT2D eigenvalue weighted by atomic mass is 15.1. The summed E-state index contributed by atoms with van der Waals surface area (Å²) in [5.41, 5.74) is 5.11. The molecule has 1 aliphatic rings. The summed E-state index contributed by atoms with van der Waals surface area (Å²) in [6.45, 7) is 10.5. The largest absolute Gasteiger partial charge is 0.328 e. The van der Waals surface area contributed by atoms with Crippen LogP contribution in [0.2, 0.25) is 0 Å². The Morgan fingerprint density at radius 2 is 1.29 bits per heavy atom. The Labute approximate surface area is 91.9 Å². The van der Waals surface area contributed by atoms with Gasteiger partial charge in [-0.2, -0.15) is 0 Å². The zero-order chi connectivity index (χ0) is 10.7. The van der Waals surface area contributed by atoms with Gasteiger partial charge in [-0.25, -0.2) is 0 Å². The van der Waals surface area contributed by atoms with Crippen molar-refractivity contribution >= 4 is 0 Å². The van der Waals surface area contributed by atoms with Gasteiger partial charge in [0.2, 0.25) is 0 Å². The minimum Gasteiger partial charge on any atom is -0.328 e. The van der Waals surface area contributed by atoms with E-state index in [2.05, 4.69) is 11.9 Å². The molecule has 0 aromatic carbocycles. The van der Waals surface area contributed by atoms with Crippen LogP contribution in [0, 0.1) is 0 Å². The third kappa shape index (κ3) is 22.7. The summed E-state index contributed by atoms with van der Waals surface area (Å²) >= 11 is 0. The van der Waals surface area contributed by atoms with Crippen LogP contribution in [0.1, 0.15) is 54.4 Å². The number of nitrogens with two attached hydrogens (primary N) is 1. The molecule has 14 heavy (non-hydrogen) atoms. The molecule has 0 aliphatic carbocycles. The fourth-order valence-corrected chi connectivity index (χ4v) is 1.05. The highest BCUT2D eigenvalue weighted by molar-refractivity contribution is 4.58. The molecule has 90 valence electrons. The molecular weight excluding hydrogens is 172 g/mol. The second-order valence-electron chi connectivity index (χ2n) is 3.61. The first-order valence-corrected chi connectivity index (χ1v) is 5.57. The van der Waals surface area contributed by atoms with Crippen molar-refractivity contribution in [1.29, 1.82) is 0 Å². The molecule has 2 nitrogen and oxygen atoms in total. The quantitative estimate of drug-likeness (QED) is 0.657. The number of hydrogen-bond acceptors (Lipinski definition) is 2. The Morgan fingerprint density at radius 1 is 1.00 bits per heavy atom. The molecule has 1 fully saturated rings. The molecule has 0 unspecified atom stereocenters. The molecule has 2 heteroatoms. The average molecular weight is 204 g/mol. The first-order valence-electron chi connectivity index (χ1n) is 5.57. The fraction of sp³-hybridized carbons (Fsp3) is 1.00. The molecule has 2 N–H and O–H groups in total.